The van der Waals surface area contributed by atoms with E-state index in [1.54, 1.807) is 0 Å². The minimum absolute atomic E-state index is 0.243. The zero-order valence-electron chi connectivity index (χ0n) is 93.3. The Kier molecular flexibility index (Phi) is 96.5. The lowest BCUT2D eigenvalue weighted by Crippen LogP contribution is -2.08. The normalized spacial score (nSPS) is 11.6. The smallest absolute Gasteiger partial charge is 0.203 e. The summed E-state index contributed by atoms with van der Waals surface area (Å²) in [6, 6.07) is 14.1. The highest BCUT2D eigenvalue weighted by molar-refractivity contribution is 5.76. The fourth-order valence-electron chi connectivity index (χ4n) is 20.3. The van der Waals surface area contributed by atoms with Gasteiger partial charge in [0.05, 0.1) is 39.6 Å². The minimum Gasteiger partial charge on any atom is -0.490 e. The molecule has 0 heterocycles. The van der Waals surface area contributed by atoms with Gasteiger partial charge in [-0.05, 0) is 86.1 Å². The average molecular weight is 1930 g/mol. The molecule has 3 rings (SSSR count). The van der Waals surface area contributed by atoms with Gasteiger partial charge >= 0.3 is 0 Å². The summed E-state index contributed by atoms with van der Waals surface area (Å²) in [6.07, 6.45) is 129. The molecular weight excluding hydrogens is 1690 g/mol. The van der Waals surface area contributed by atoms with Gasteiger partial charge < -0.3 is 37.9 Å². The van der Waals surface area contributed by atoms with Crippen LogP contribution in [0.25, 0.3) is 0 Å². The van der Waals surface area contributed by atoms with Gasteiger partial charge in [-0.25, -0.2) is 0 Å². The fourth-order valence-corrected chi connectivity index (χ4v) is 20.3. The summed E-state index contributed by atoms with van der Waals surface area (Å²) in [6.45, 7) is 18.1. The van der Waals surface area contributed by atoms with Gasteiger partial charge in [0.15, 0.2) is 23.0 Å². The van der Waals surface area contributed by atoms with E-state index in [-0.39, 0.29) is 13.2 Å². The molecule has 0 bridgehead atoms. The molecule has 0 aliphatic carbocycles. The van der Waals surface area contributed by atoms with E-state index in [4.69, 9.17) is 37.9 Å². The number of ether oxygens (including phenoxy) is 8. The van der Waals surface area contributed by atoms with Crippen molar-refractivity contribution in [1.82, 2.24) is 0 Å². The van der Waals surface area contributed by atoms with E-state index in [0.717, 1.165) is 129 Å². The number of carbonyl (C=O) groups is 1. The number of carbonyl (C=O) groups excluding carboxylic acids is 1. The molecule has 804 valence electrons. The molecule has 3 aromatic rings. The van der Waals surface area contributed by atoms with Crippen molar-refractivity contribution < 1.29 is 42.7 Å². The maximum atomic E-state index is 13.0. The molecule has 0 saturated carbocycles. The Morgan fingerprint density at radius 2 is 0.283 bits per heavy atom. The molecule has 0 spiro atoms. The van der Waals surface area contributed by atoms with Crippen LogP contribution in [0, 0.1) is 0 Å². The van der Waals surface area contributed by atoms with Crippen LogP contribution in [0.2, 0.25) is 0 Å². The fraction of sp³-hybridized carbons (Fsp3) is 0.853. The maximum Gasteiger partial charge on any atom is 0.203 e. The summed E-state index contributed by atoms with van der Waals surface area (Å²) >= 11 is 0. The van der Waals surface area contributed by atoms with Crippen molar-refractivity contribution in [1.29, 1.82) is 0 Å². The highest BCUT2D eigenvalue weighted by Crippen LogP contribution is 2.43. The molecule has 0 aromatic heterocycles. The van der Waals surface area contributed by atoms with Crippen LogP contribution >= 0.6 is 0 Å². The number of rotatable bonds is 115. The van der Waals surface area contributed by atoms with Crippen molar-refractivity contribution in [3.63, 3.8) is 0 Å². The van der Waals surface area contributed by atoms with Crippen LogP contribution in [0.15, 0.2) is 42.5 Å². The van der Waals surface area contributed by atoms with Crippen molar-refractivity contribution >= 4 is 6.29 Å². The van der Waals surface area contributed by atoms with Crippen LogP contribution in [-0.2, 0) is 13.2 Å². The average Bonchev–Trinajstić information content (AvgIpc) is 0.823. The highest BCUT2D eigenvalue weighted by atomic mass is 16.6. The molecule has 3 aromatic carbocycles. The lowest BCUT2D eigenvalue weighted by Gasteiger charge is -2.20. The van der Waals surface area contributed by atoms with Crippen molar-refractivity contribution in [3.8, 4) is 46.0 Å². The molecule has 0 radical (unpaired) electrons. The quantitative estimate of drug-likeness (QED) is 0.0405. The Hall–Kier alpha value is -4.27. The molecule has 138 heavy (non-hydrogen) atoms. The molecule has 0 atom stereocenters. The molecule has 0 aliphatic heterocycles. The van der Waals surface area contributed by atoms with Crippen molar-refractivity contribution in [2.24, 2.45) is 0 Å². The first kappa shape index (κ1) is 128. The van der Waals surface area contributed by atoms with E-state index in [0.29, 0.717) is 56.7 Å². The lowest BCUT2D eigenvalue weighted by atomic mass is 10.0. The molecular formula is C129H234O9. The predicted octanol–water partition coefficient (Wildman–Crippen LogP) is 44.5. The number of benzene rings is 3. The molecule has 0 saturated heterocycles. The first-order chi connectivity index (χ1) is 68.5. The molecule has 0 fully saturated rings. The van der Waals surface area contributed by atoms with Gasteiger partial charge in [-0.2, -0.15) is 0 Å². The van der Waals surface area contributed by atoms with E-state index in [1.165, 1.54) is 539 Å². The maximum absolute atomic E-state index is 13.0. The molecule has 0 aliphatic rings. The SMILES string of the molecule is CCCCCCCCCCCCCCCCCCOc1cc(COc2cc(C=O)cc(OCc3cc(OCCCCCCCCCCCCCCCCCC)c(OCCCCCCCCCCCCCCCCCC)c(OCCCCCCCCCCCCCCCCCC)c3)c2)cc(OCCCCCCCCCCCCCCCCCC)c1OCCCCCCCCCCCCCCCCCC. The monoisotopic (exact) mass is 1930 g/mol. The van der Waals surface area contributed by atoms with Crippen LogP contribution in [0.3, 0.4) is 0 Å². The highest BCUT2D eigenvalue weighted by Gasteiger charge is 2.21. The van der Waals surface area contributed by atoms with Crippen molar-refractivity contribution in [3.05, 3.63) is 59.2 Å². The van der Waals surface area contributed by atoms with Crippen molar-refractivity contribution in [2.75, 3.05) is 39.6 Å². The Balaban J connectivity index is 1.90. The van der Waals surface area contributed by atoms with Crippen LogP contribution in [-0.4, -0.2) is 45.9 Å². The van der Waals surface area contributed by atoms with E-state index < -0.39 is 0 Å². The Bertz CT molecular complexity index is 2650. The summed E-state index contributed by atoms with van der Waals surface area (Å²) < 4.78 is 55.2. The van der Waals surface area contributed by atoms with Gasteiger partial charge in [-0.15, -0.1) is 0 Å². The van der Waals surface area contributed by atoms with E-state index >= 15 is 0 Å². The van der Waals surface area contributed by atoms with Gasteiger partial charge in [0, 0.05) is 11.6 Å². The van der Waals surface area contributed by atoms with Gasteiger partial charge in [0.1, 0.15) is 31.0 Å². The Morgan fingerprint density at radius 3 is 0.420 bits per heavy atom. The molecule has 0 amide bonds. The number of aldehydes is 1. The van der Waals surface area contributed by atoms with E-state index in [1.807, 2.05) is 18.2 Å². The minimum atomic E-state index is 0.243. The third kappa shape index (κ3) is 82.0. The van der Waals surface area contributed by atoms with Crippen LogP contribution in [0.5, 0.6) is 46.0 Å². The zero-order valence-corrected chi connectivity index (χ0v) is 93.3. The van der Waals surface area contributed by atoms with Gasteiger partial charge in [-0.3, -0.25) is 4.79 Å². The second kappa shape index (κ2) is 104. The lowest BCUT2D eigenvalue weighted by molar-refractivity contribution is 0.112. The van der Waals surface area contributed by atoms with Crippen LogP contribution < -0.4 is 37.9 Å². The summed E-state index contributed by atoms with van der Waals surface area (Å²) in [7, 11) is 0. The predicted molar refractivity (Wildman–Crippen MR) is 604 cm³/mol. The van der Waals surface area contributed by atoms with Crippen molar-refractivity contribution in [2.45, 2.75) is 671 Å². The summed E-state index contributed by atoms with van der Waals surface area (Å²) in [5.41, 5.74) is 2.36. The summed E-state index contributed by atoms with van der Waals surface area (Å²) in [4.78, 5) is 13.0. The largest absolute Gasteiger partial charge is 0.490 e. The molecule has 0 unspecified atom stereocenters. The molecule has 0 N–H and O–H groups in total. The third-order valence-electron chi connectivity index (χ3n) is 29.5. The van der Waals surface area contributed by atoms with Crippen LogP contribution in [0.4, 0.5) is 0 Å². The standard InChI is InChI=1S/C129H234O9/c1-7-13-19-25-31-37-43-49-55-61-67-73-79-85-91-97-103-131-124-111-120(112-125(132-104-98-92-86-80-74-68-62-56-50-44-38-32-26-20-14-8-2)128(124)135-107-101-95-89-83-77-71-65-59-53-47-41-35-29-23-17-11-5)117-137-122-109-119(116-130)110-123(115-122)138-118-121-113-126(133-105-99-93-87-81-75-69-63-57-51-45-39-33-27-21-15-9-3)129(136-108-102-96-90-84-78-72-66-60-54-48-42-36-30-24-18-12-6)127(114-121)134-106-100-94-88-82-76-70-64-58-52-46-40-34-28-22-16-10-4/h109-116H,7-108,117-118H2,1-6H3. The summed E-state index contributed by atoms with van der Waals surface area (Å²) in [5.74, 6) is 5.52. The third-order valence-corrected chi connectivity index (χ3v) is 29.5. The van der Waals surface area contributed by atoms with Gasteiger partial charge in [0.2, 0.25) is 11.5 Å². The number of hydrogen-bond donors (Lipinski definition) is 0. The zero-order chi connectivity index (χ0) is 98.2. The first-order valence-corrected chi connectivity index (χ1v) is 62.5. The second-order valence-corrected chi connectivity index (χ2v) is 43.2. The first-order valence-electron chi connectivity index (χ1n) is 62.5. The Morgan fingerprint density at radius 1 is 0.152 bits per heavy atom. The van der Waals surface area contributed by atoms with Gasteiger partial charge in [-0.1, -0.05) is 619 Å². The number of unbranched alkanes of at least 4 members (excludes halogenated alkanes) is 90. The summed E-state index contributed by atoms with van der Waals surface area (Å²) in [5, 5.41) is 0. The van der Waals surface area contributed by atoms with Crippen LogP contribution in [0.1, 0.15) is 679 Å². The molecule has 9 nitrogen and oxygen atoms in total. The second-order valence-electron chi connectivity index (χ2n) is 43.2. The topological polar surface area (TPSA) is 90.9 Å². The number of hydrogen-bond acceptors (Lipinski definition) is 9. The van der Waals surface area contributed by atoms with E-state index in [2.05, 4.69) is 65.8 Å². The Labute approximate surface area is 859 Å². The molecule has 9 heteroatoms. The van der Waals surface area contributed by atoms with E-state index in [9.17, 15) is 4.79 Å². The van der Waals surface area contributed by atoms with Gasteiger partial charge in [0.25, 0.3) is 0 Å².